The van der Waals surface area contributed by atoms with E-state index in [1.165, 1.54) is 0 Å². The van der Waals surface area contributed by atoms with E-state index in [-0.39, 0.29) is 5.78 Å². The molecule has 2 heterocycles. The Bertz CT molecular complexity index is 586. The second kappa shape index (κ2) is 2.70. The maximum absolute atomic E-state index is 11.9. The first-order chi connectivity index (χ1) is 7.16. The molecule has 0 atom stereocenters. The Labute approximate surface area is 91.3 Å². The van der Waals surface area contributed by atoms with Gasteiger partial charge < -0.3 is 0 Å². The summed E-state index contributed by atoms with van der Waals surface area (Å²) in [5.74, 6) is 0.444. The lowest BCUT2D eigenvalue weighted by atomic mass is 10.1. The maximum atomic E-state index is 11.9. The molecule has 0 radical (unpaired) electrons. The van der Waals surface area contributed by atoms with Gasteiger partial charge in [0.1, 0.15) is 0 Å². The number of carbonyl (C=O) groups excluding carboxylic acids is 1. The summed E-state index contributed by atoms with van der Waals surface area (Å²) in [6.07, 6.45) is 1.84. The summed E-state index contributed by atoms with van der Waals surface area (Å²) in [5, 5.41) is 0.626. The Hall–Kier alpha value is -1.61. The molecule has 0 amide bonds. The third kappa shape index (κ3) is 1.07. The monoisotopic (exact) mass is 218 g/mol. The van der Waals surface area contributed by atoms with Crippen LogP contribution >= 0.6 is 11.6 Å². The molecule has 0 aliphatic carbocycles. The van der Waals surface area contributed by atoms with Crippen molar-refractivity contribution in [3.63, 3.8) is 0 Å². The van der Waals surface area contributed by atoms with Crippen LogP contribution in [-0.4, -0.2) is 15.3 Å². The Balaban J connectivity index is 2.37. The van der Waals surface area contributed by atoms with E-state index >= 15 is 0 Å². The number of aromatic nitrogens is 2. The summed E-state index contributed by atoms with van der Waals surface area (Å²) in [4.78, 5) is 16.1. The van der Waals surface area contributed by atoms with Crippen LogP contribution in [0.15, 0.2) is 24.4 Å². The van der Waals surface area contributed by atoms with Gasteiger partial charge in [0.2, 0.25) is 5.78 Å². The molecule has 1 aromatic heterocycles. The number of nitrogens with zero attached hydrogens (tertiary/aromatic N) is 2. The van der Waals surface area contributed by atoms with Crippen LogP contribution in [0.4, 0.5) is 0 Å². The Morgan fingerprint density at radius 2 is 2.20 bits per heavy atom. The van der Waals surface area contributed by atoms with Crippen LogP contribution in [0.5, 0.6) is 0 Å². The van der Waals surface area contributed by atoms with Crippen molar-refractivity contribution in [3.05, 3.63) is 46.5 Å². The molecule has 0 bridgehead atoms. The van der Waals surface area contributed by atoms with E-state index in [4.69, 9.17) is 11.6 Å². The van der Waals surface area contributed by atoms with Gasteiger partial charge >= 0.3 is 0 Å². The molecule has 74 valence electrons. The average Bonchev–Trinajstić information content (AvgIpc) is 2.67. The van der Waals surface area contributed by atoms with Gasteiger partial charge in [-0.15, -0.1) is 0 Å². The number of aryl methyl sites for hydroxylation is 1. The van der Waals surface area contributed by atoms with Gasteiger partial charge in [-0.05, 0) is 25.1 Å². The largest absolute Gasteiger partial charge is 0.296 e. The molecule has 3 rings (SSSR count). The minimum Gasteiger partial charge on any atom is -0.296 e. The second-order valence-electron chi connectivity index (χ2n) is 3.57. The Morgan fingerprint density at radius 1 is 1.40 bits per heavy atom. The fourth-order valence-electron chi connectivity index (χ4n) is 1.86. The first kappa shape index (κ1) is 8.68. The average molecular weight is 219 g/mol. The van der Waals surface area contributed by atoms with Crippen LogP contribution in [-0.2, 0) is 0 Å². The van der Waals surface area contributed by atoms with E-state index in [1.807, 2.05) is 13.1 Å². The summed E-state index contributed by atoms with van der Waals surface area (Å²) in [6.45, 7) is 1.86. The molecular weight excluding hydrogens is 212 g/mol. The quantitative estimate of drug-likeness (QED) is 0.581. The molecule has 3 nitrogen and oxygen atoms in total. The van der Waals surface area contributed by atoms with Gasteiger partial charge in [0, 0.05) is 11.2 Å². The normalized spacial score (nSPS) is 12.8. The van der Waals surface area contributed by atoms with Gasteiger partial charge in [-0.2, -0.15) is 0 Å². The molecule has 1 aliphatic rings. The maximum Gasteiger partial charge on any atom is 0.230 e. The van der Waals surface area contributed by atoms with Crippen molar-refractivity contribution in [3.8, 4) is 5.69 Å². The Morgan fingerprint density at radius 3 is 3.00 bits per heavy atom. The Kier molecular flexibility index (Phi) is 1.56. The minimum absolute atomic E-state index is 0.0326. The van der Waals surface area contributed by atoms with Crippen molar-refractivity contribution in [1.82, 2.24) is 9.55 Å². The number of imidazole rings is 1. The van der Waals surface area contributed by atoms with E-state index < -0.39 is 0 Å². The lowest BCUT2D eigenvalue weighted by Gasteiger charge is -1.99. The molecule has 0 saturated heterocycles. The summed E-state index contributed by atoms with van der Waals surface area (Å²) < 4.78 is 1.79. The van der Waals surface area contributed by atoms with Gasteiger partial charge in [-0.25, -0.2) is 4.98 Å². The van der Waals surface area contributed by atoms with Crippen LogP contribution in [0, 0.1) is 6.92 Å². The highest BCUT2D eigenvalue weighted by Crippen LogP contribution is 2.29. The SMILES string of the molecule is Cc1cn2c(n1)C(=O)c1ccc(Cl)cc1-2. The van der Waals surface area contributed by atoms with Gasteiger partial charge in [0.05, 0.1) is 16.9 Å². The smallest absolute Gasteiger partial charge is 0.230 e. The summed E-state index contributed by atoms with van der Waals surface area (Å²) in [6, 6.07) is 5.24. The number of hydrogen-bond acceptors (Lipinski definition) is 2. The van der Waals surface area contributed by atoms with Crippen LogP contribution < -0.4 is 0 Å². The van der Waals surface area contributed by atoms with Crippen molar-refractivity contribution in [1.29, 1.82) is 0 Å². The van der Waals surface area contributed by atoms with Gasteiger partial charge in [-0.3, -0.25) is 9.36 Å². The van der Waals surface area contributed by atoms with Gasteiger partial charge in [-0.1, -0.05) is 11.6 Å². The third-order valence-electron chi connectivity index (χ3n) is 2.49. The molecule has 0 fully saturated rings. The van der Waals surface area contributed by atoms with Crippen molar-refractivity contribution in [2.24, 2.45) is 0 Å². The highest BCUT2D eigenvalue weighted by molar-refractivity contribution is 6.31. The van der Waals surface area contributed by atoms with E-state index in [9.17, 15) is 4.79 Å². The van der Waals surface area contributed by atoms with Crippen LogP contribution in [0.1, 0.15) is 21.9 Å². The zero-order chi connectivity index (χ0) is 10.6. The van der Waals surface area contributed by atoms with Crippen LogP contribution in [0.3, 0.4) is 0 Å². The van der Waals surface area contributed by atoms with Gasteiger partial charge in [0.25, 0.3) is 0 Å². The first-order valence-corrected chi connectivity index (χ1v) is 4.95. The van der Waals surface area contributed by atoms with Crippen molar-refractivity contribution in [2.45, 2.75) is 6.92 Å². The van der Waals surface area contributed by atoms with Crippen LogP contribution in [0.25, 0.3) is 5.69 Å². The highest BCUT2D eigenvalue weighted by atomic mass is 35.5. The van der Waals surface area contributed by atoms with E-state index in [0.29, 0.717) is 16.4 Å². The molecule has 0 saturated carbocycles. The molecular formula is C11H7ClN2O. The minimum atomic E-state index is -0.0326. The summed E-state index contributed by atoms with van der Waals surface area (Å²) in [7, 11) is 0. The summed E-state index contributed by atoms with van der Waals surface area (Å²) in [5.41, 5.74) is 2.33. The number of hydrogen-bond donors (Lipinski definition) is 0. The first-order valence-electron chi connectivity index (χ1n) is 4.57. The number of halogens is 1. The number of fused-ring (bicyclic) bond motifs is 3. The highest BCUT2D eigenvalue weighted by Gasteiger charge is 2.28. The molecule has 2 aromatic rings. The predicted octanol–water partition coefficient (Wildman–Crippen LogP) is 2.38. The number of benzene rings is 1. The standard InChI is InChI=1S/C11H7ClN2O/c1-6-5-14-9-4-7(12)2-3-8(9)10(15)11(14)13-6/h2-5H,1H3. The third-order valence-corrected chi connectivity index (χ3v) is 2.73. The fourth-order valence-corrected chi connectivity index (χ4v) is 2.02. The molecule has 0 unspecified atom stereocenters. The van der Waals surface area contributed by atoms with E-state index in [2.05, 4.69) is 4.98 Å². The zero-order valence-corrected chi connectivity index (χ0v) is 8.75. The topological polar surface area (TPSA) is 34.9 Å². The van der Waals surface area contributed by atoms with E-state index in [1.54, 1.807) is 22.8 Å². The summed E-state index contributed by atoms with van der Waals surface area (Å²) >= 11 is 5.90. The molecule has 15 heavy (non-hydrogen) atoms. The van der Waals surface area contributed by atoms with Crippen molar-refractivity contribution in [2.75, 3.05) is 0 Å². The zero-order valence-electron chi connectivity index (χ0n) is 7.99. The molecule has 4 heteroatoms. The fraction of sp³-hybridized carbons (Fsp3) is 0.0909. The van der Waals surface area contributed by atoms with Crippen molar-refractivity contribution < 1.29 is 4.79 Å². The van der Waals surface area contributed by atoms with Crippen molar-refractivity contribution >= 4 is 17.4 Å². The lowest BCUT2D eigenvalue weighted by Crippen LogP contribution is -1.97. The van der Waals surface area contributed by atoms with Crippen LogP contribution in [0.2, 0.25) is 5.02 Å². The molecule has 1 aliphatic heterocycles. The molecule has 1 aromatic carbocycles. The predicted molar refractivity (Wildman–Crippen MR) is 56.7 cm³/mol. The number of ketones is 1. The van der Waals surface area contributed by atoms with E-state index in [0.717, 1.165) is 11.4 Å². The number of rotatable bonds is 0. The molecule has 0 N–H and O–H groups in total. The lowest BCUT2D eigenvalue weighted by molar-refractivity contribution is 0.103. The van der Waals surface area contributed by atoms with Gasteiger partial charge in [0.15, 0.2) is 5.82 Å². The second-order valence-corrected chi connectivity index (χ2v) is 4.00. The number of carbonyl (C=O) groups is 1. The molecule has 0 spiro atoms.